The molecule has 1 amide bonds. The molecule has 0 aromatic heterocycles. The Morgan fingerprint density at radius 1 is 1.03 bits per heavy atom. The zero-order valence-electron chi connectivity index (χ0n) is 20.5. The van der Waals surface area contributed by atoms with Crippen molar-refractivity contribution in [3.05, 3.63) is 70.2 Å². The van der Waals surface area contributed by atoms with Crippen LogP contribution in [0.2, 0.25) is 0 Å². The van der Waals surface area contributed by atoms with Gasteiger partial charge >= 0.3 is 12.1 Å². The van der Waals surface area contributed by atoms with E-state index in [2.05, 4.69) is 21.2 Å². The van der Waals surface area contributed by atoms with Gasteiger partial charge in [0.25, 0.3) is 0 Å². The quantitative estimate of drug-likeness (QED) is 0.268. The molecule has 34 heavy (non-hydrogen) atoms. The number of benzene rings is 2. The van der Waals surface area contributed by atoms with Crippen molar-refractivity contribution in [1.29, 1.82) is 0 Å². The van der Waals surface area contributed by atoms with Gasteiger partial charge in [0, 0.05) is 11.0 Å². The molecule has 2 aromatic carbocycles. The zero-order valence-corrected chi connectivity index (χ0v) is 22.1. The molecule has 0 aliphatic heterocycles. The highest BCUT2D eigenvalue weighted by Gasteiger charge is 2.36. The molecule has 2 unspecified atom stereocenters. The molecule has 2 rings (SSSR count). The lowest BCUT2D eigenvalue weighted by Gasteiger charge is -2.32. The van der Waals surface area contributed by atoms with E-state index >= 15 is 0 Å². The second-order valence-electron chi connectivity index (χ2n) is 9.49. The van der Waals surface area contributed by atoms with E-state index in [4.69, 9.17) is 9.47 Å². The van der Waals surface area contributed by atoms with Gasteiger partial charge in [-0.05, 0) is 48.4 Å². The van der Waals surface area contributed by atoms with Gasteiger partial charge in [-0.25, -0.2) is 4.79 Å². The van der Waals surface area contributed by atoms with Crippen molar-refractivity contribution < 1.29 is 24.2 Å². The number of amides is 1. The summed E-state index contributed by atoms with van der Waals surface area (Å²) in [5, 5.41) is 13.3. The minimum Gasteiger partial charge on any atom is -0.468 e. The van der Waals surface area contributed by atoms with Crippen LogP contribution in [0.4, 0.5) is 4.79 Å². The lowest BCUT2D eigenvalue weighted by Crippen LogP contribution is -2.41. The van der Waals surface area contributed by atoms with Crippen molar-refractivity contribution in [2.24, 2.45) is 5.41 Å². The Morgan fingerprint density at radius 2 is 1.71 bits per heavy atom. The van der Waals surface area contributed by atoms with Crippen LogP contribution >= 0.6 is 15.9 Å². The maximum Gasteiger partial charge on any atom is 0.407 e. The largest absolute Gasteiger partial charge is 0.468 e. The van der Waals surface area contributed by atoms with Crippen molar-refractivity contribution in [2.45, 2.75) is 64.6 Å². The van der Waals surface area contributed by atoms with Gasteiger partial charge in [-0.1, -0.05) is 85.1 Å². The average molecular weight is 534 g/mol. The van der Waals surface area contributed by atoms with Gasteiger partial charge in [0.15, 0.2) is 0 Å². The lowest BCUT2D eigenvalue weighted by atomic mass is 9.76. The molecule has 0 fully saturated rings. The first kappa shape index (κ1) is 27.9. The maximum atomic E-state index is 12.6. The summed E-state index contributed by atoms with van der Waals surface area (Å²) in [6, 6.07) is 17.2. The first-order chi connectivity index (χ1) is 16.1. The smallest absolute Gasteiger partial charge is 0.407 e. The van der Waals surface area contributed by atoms with E-state index in [1.54, 1.807) is 0 Å². The standard InChI is InChI=1S/C27H36BrNO5/c1-26(2,23(30)18-29-25(32)34-19-20-11-6-5-7-12-20)15-8-9-16-27(3,24(31)33-4)21-13-10-14-22(28)17-21/h5-7,10-14,17,23,30H,8-9,15-16,18-19H2,1-4H3,(H,29,32). The summed E-state index contributed by atoms with van der Waals surface area (Å²) in [6.45, 7) is 6.15. The van der Waals surface area contributed by atoms with Crippen LogP contribution in [0.15, 0.2) is 59.1 Å². The SMILES string of the molecule is COC(=O)C(C)(CCCCC(C)(C)C(O)CNC(=O)OCc1ccccc1)c1cccc(Br)c1. The zero-order chi connectivity index (χ0) is 25.2. The van der Waals surface area contributed by atoms with E-state index in [1.807, 2.05) is 75.4 Å². The molecule has 186 valence electrons. The number of alkyl carbamates (subject to hydrolysis) is 1. The van der Waals surface area contributed by atoms with Gasteiger partial charge in [0.1, 0.15) is 6.61 Å². The van der Waals surface area contributed by atoms with Gasteiger partial charge < -0.3 is 19.9 Å². The van der Waals surface area contributed by atoms with Gasteiger partial charge in [0.05, 0.1) is 18.6 Å². The summed E-state index contributed by atoms with van der Waals surface area (Å²) < 4.78 is 11.2. The van der Waals surface area contributed by atoms with E-state index in [0.29, 0.717) is 6.42 Å². The van der Waals surface area contributed by atoms with E-state index in [1.165, 1.54) is 7.11 Å². The average Bonchev–Trinajstić information content (AvgIpc) is 2.83. The highest BCUT2D eigenvalue weighted by atomic mass is 79.9. The molecule has 0 saturated carbocycles. The molecule has 6 nitrogen and oxygen atoms in total. The minimum atomic E-state index is -0.745. The number of carbonyl (C=O) groups excluding carboxylic acids is 2. The molecule has 0 aliphatic carbocycles. The van der Waals surface area contributed by atoms with E-state index in [-0.39, 0.29) is 19.1 Å². The molecule has 2 atom stereocenters. The molecule has 0 heterocycles. The highest BCUT2D eigenvalue weighted by Crippen LogP contribution is 2.35. The molecule has 0 radical (unpaired) electrons. The lowest BCUT2D eigenvalue weighted by molar-refractivity contribution is -0.147. The van der Waals surface area contributed by atoms with Crippen LogP contribution in [0.1, 0.15) is 57.6 Å². The minimum absolute atomic E-state index is 0.110. The second-order valence-corrected chi connectivity index (χ2v) is 10.4. The number of unbranched alkanes of at least 4 members (excludes halogenated alkanes) is 1. The van der Waals surface area contributed by atoms with Crippen molar-refractivity contribution in [3.63, 3.8) is 0 Å². The van der Waals surface area contributed by atoms with Crippen LogP contribution in [0, 0.1) is 5.41 Å². The molecule has 2 N–H and O–H groups in total. The fourth-order valence-electron chi connectivity index (χ4n) is 3.88. The number of esters is 1. The summed E-state index contributed by atoms with van der Waals surface area (Å²) in [7, 11) is 1.41. The predicted octanol–water partition coefficient (Wildman–Crippen LogP) is 5.75. The Morgan fingerprint density at radius 3 is 2.35 bits per heavy atom. The highest BCUT2D eigenvalue weighted by molar-refractivity contribution is 9.10. The summed E-state index contributed by atoms with van der Waals surface area (Å²) in [4.78, 5) is 24.6. The first-order valence-electron chi connectivity index (χ1n) is 11.6. The van der Waals surface area contributed by atoms with E-state index in [9.17, 15) is 14.7 Å². The third-order valence-electron chi connectivity index (χ3n) is 6.40. The molecule has 0 aliphatic rings. The number of hydrogen-bond acceptors (Lipinski definition) is 5. The van der Waals surface area contributed by atoms with Crippen LogP contribution in [0.3, 0.4) is 0 Å². The summed E-state index contributed by atoms with van der Waals surface area (Å²) >= 11 is 3.48. The number of rotatable bonds is 12. The Balaban J connectivity index is 1.81. The number of carbonyl (C=O) groups is 2. The van der Waals surface area contributed by atoms with Gasteiger partial charge in [0.2, 0.25) is 0 Å². The van der Waals surface area contributed by atoms with Crippen LogP contribution in [0.5, 0.6) is 0 Å². The Kier molecular flexibility index (Phi) is 10.6. The predicted molar refractivity (Wildman–Crippen MR) is 136 cm³/mol. The Bertz CT molecular complexity index is 934. The van der Waals surface area contributed by atoms with Crippen LogP contribution in [0.25, 0.3) is 0 Å². The molecule has 7 heteroatoms. The van der Waals surface area contributed by atoms with Crippen LogP contribution in [-0.4, -0.2) is 36.9 Å². The van der Waals surface area contributed by atoms with E-state index < -0.39 is 23.0 Å². The number of ether oxygens (including phenoxy) is 2. The van der Waals surface area contributed by atoms with E-state index in [0.717, 1.165) is 34.9 Å². The number of methoxy groups -OCH3 is 1. The van der Waals surface area contributed by atoms with Crippen molar-refractivity contribution in [3.8, 4) is 0 Å². The fourth-order valence-corrected chi connectivity index (χ4v) is 4.28. The fraction of sp³-hybridized carbons (Fsp3) is 0.481. The number of hydrogen-bond donors (Lipinski definition) is 2. The third kappa shape index (κ3) is 8.13. The van der Waals surface area contributed by atoms with Gasteiger partial charge in [-0.2, -0.15) is 0 Å². The maximum absolute atomic E-state index is 12.6. The van der Waals surface area contributed by atoms with Crippen molar-refractivity contribution in [1.82, 2.24) is 5.32 Å². The van der Waals surface area contributed by atoms with Gasteiger partial charge in [-0.15, -0.1) is 0 Å². The van der Waals surface area contributed by atoms with Crippen LogP contribution < -0.4 is 5.32 Å². The summed E-state index contributed by atoms with van der Waals surface area (Å²) in [5.74, 6) is -0.261. The number of aliphatic hydroxyl groups excluding tert-OH is 1. The number of aliphatic hydroxyl groups is 1. The molecule has 0 bridgehead atoms. The Labute approximate surface area is 211 Å². The number of nitrogens with one attached hydrogen (secondary N) is 1. The summed E-state index contributed by atoms with van der Waals surface area (Å²) in [6.07, 6.45) is 1.71. The topological polar surface area (TPSA) is 84.9 Å². The molecular weight excluding hydrogens is 498 g/mol. The van der Waals surface area contributed by atoms with Crippen molar-refractivity contribution in [2.75, 3.05) is 13.7 Å². The molecule has 0 saturated heterocycles. The molecular formula is C27H36BrNO5. The Hall–Kier alpha value is -2.38. The third-order valence-corrected chi connectivity index (χ3v) is 6.89. The molecule has 2 aromatic rings. The number of halogens is 1. The van der Waals surface area contributed by atoms with Crippen LogP contribution in [-0.2, 0) is 26.3 Å². The molecule has 0 spiro atoms. The first-order valence-corrected chi connectivity index (χ1v) is 12.3. The van der Waals surface area contributed by atoms with Crippen molar-refractivity contribution >= 4 is 28.0 Å². The monoisotopic (exact) mass is 533 g/mol. The normalized spacial score (nSPS) is 14.1. The summed E-state index contributed by atoms with van der Waals surface area (Å²) in [5.41, 5.74) is 0.654. The second kappa shape index (κ2) is 12.9. The van der Waals surface area contributed by atoms with Gasteiger partial charge in [-0.3, -0.25) is 4.79 Å².